The van der Waals surface area contributed by atoms with E-state index in [1.54, 1.807) is 0 Å². The van der Waals surface area contributed by atoms with Gasteiger partial charge < -0.3 is 23.7 Å². The van der Waals surface area contributed by atoms with Crippen molar-refractivity contribution < 1.29 is 56.8 Å². The van der Waals surface area contributed by atoms with Gasteiger partial charge in [0.25, 0.3) is 6.29 Å². The fourth-order valence-corrected chi connectivity index (χ4v) is 2.71. The van der Waals surface area contributed by atoms with Crippen molar-refractivity contribution in [3.05, 3.63) is 0 Å². The lowest BCUT2D eigenvalue weighted by atomic mass is 9.98. The Morgan fingerprint density at radius 3 is 1.78 bits per heavy atom. The van der Waals surface area contributed by atoms with Crippen molar-refractivity contribution in [1.82, 2.24) is 0 Å². The van der Waals surface area contributed by atoms with E-state index in [2.05, 4.69) is 0 Å². The van der Waals surface area contributed by atoms with E-state index in [1.165, 1.54) is 0 Å². The summed E-state index contributed by atoms with van der Waals surface area (Å²) in [4.78, 5) is 54.5. The second kappa shape index (κ2) is 10.3. The van der Waals surface area contributed by atoms with Gasteiger partial charge in [0.1, 0.15) is 12.7 Å². The molecule has 1 unspecified atom stereocenters. The second-order valence-corrected chi connectivity index (χ2v) is 6.10. The largest absolute Gasteiger partial charge is 0.697 e. The highest BCUT2D eigenvalue weighted by Crippen LogP contribution is 2.33. The van der Waals surface area contributed by atoms with Gasteiger partial charge in [0.2, 0.25) is 0 Å². The summed E-state index contributed by atoms with van der Waals surface area (Å²) in [6.45, 7) is 3.82. The zero-order valence-corrected chi connectivity index (χ0v) is 15.9. The second-order valence-electron chi connectivity index (χ2n) is 5.41. The number of carbonyl (C=O) groups excluding carboxylic acids is 4. The average molecular weight is 411 g/mol. The molecule has 1 saturated heterocycles. The summed E-state index contributed by atoms with van der Waals surface area (Å²) in [5.41, 5.74) is 0. The first-order valence-electron chi connectivity index (χ1n) is 7.64. The molecule has 1 heterocycles. The van der Waals surface area contributed by atoms with E-state index in [0.29, 0.717) is 0 Å². The molecular weight excluding hydrogens is 391 g/mol. The fraction of sp³-hybridized carbons (Fsp3) is 0.714. The summed E-state index contributed by atoms with van der Waals surface area (Å²) in [7, 11) is -3.21. The molecule has 1 aliphatic heterocycles. The predicted octanol–water partition coefficient (Wildman–Crippen LogP) is -0.264. The Labute approximate surface area is 154 Å². The standard InChI is InChI=1S/C14H19O12P/c1-6(15)21-5-10-11(22-7(2)16)12(23-8(3)17)13(24-9(4)18)14(25-10)26-27(19)20/h10-14H,5H2,1-4H3/p+1/t10-,11-,12+,13-,14-/m1/s1. The van der Waals surface area contributed by atoms with Gasteiger partial charge in [-0.05, 0) is 0 Å². The molecule has 0 aliphatic carbocycles. The summed E-state index contributed by atoms with van der Waals surface area (Å²) in [5.74, 6) is -3.14. The molecule has 1 N–H and O–H groups in total. The SMILES string of the molecule is CC(=O)OC[C@H]1O[C@H](O[P+](=O)O)[C@H](OC(C)=O)[C@@H](OC(C)=O)[C@@H]1OC(C)=O. The summed E-state index contributed by atoms with van der Waals surface area (Å²) >= 11 is 0. The molecule has 0 radical (unpaired) electrons. The van der Waals surface area contributed by atoms with Crippen LogP contribution in [0, 0.1) is 0 Å². The minimum absolute atomic E-state index is 0.458. The van der Waals surface area contributed by atoms with E-state index >= 15 is 0 Å². The molecule has 0 spiro atoms. The summed E-state index contributed by atoms with van der Waals surface area (Å²) in [6.07, 6.45) is -7.25. The van der Waals surface area contributed by atoms with Crippen LogP contribution in [0.1, 0.15) is 27.7 Å². The third-order valence-corrected chi connectivity index (χ3v) is 3.53. The van der Waals surface area contributed by atoms with Crippen molar-refractivity contribution in [2.24, 2.45) is 0 Å². The molecule has 12 nitrogen and oxygen atoms in total. The zero-order chi connectivity index (χ0) is 20.7. The summed E-state index contributed by atoms with van der Waals surface area (Å²) < 4.78 is 41.2. The highest BCUT2D eigenvalue weighted by molar-refractivity contribution is 7.32. The molecule has 0 bridgehead atoms. The molecule has 1 rings (SSSR count). The van der Waals surface area contributed by atoms with E-state index in [0.717, 1.165) is 27.7 Å². The minimum Gasteiger partial charge on any atom is -0.463 e. The first-order valence-corrected chi connectivity index (χ1v) is 8.77. The molecule has 6 atom stereocenters. The molecule has 0 aromatic carbocycles. The topological polar surface area (TPSA) is 161 Å². The van der Waals surface area contributed by atoms with Crippen LogP contribution in [0.4, 0.5) is 0 Å². The van der Waals surface area contributed by atoms with Gasteiger partial charge in [-0.15, -0.1) is 4.89 Å². The number of esters is 4. The van der Waals surface area contributed by atoms with Gasteiger partial charge in [-0.1, -0.05) is 4.52 Å². The number of ether oxygens (including phenoxy) is 5. The van der Waals surface area contributed by atoms with Crippen LogP contribution in [0.25, 0.3) is 0 Å². The molecule has 1 aliphatic rings. The van der Waals surface area contributed by atoms with Gasteiger partial charge in [-0.3, -0.25) is 19.2 Å². The van der Waals surface area contributed by atoms with E-state index in [4.69, 9.17) is 33.1 Å². The van der Waals surface area contributed by atoms with Gasteiger partial charge in [0, 0.05) is 32.3 Å². The van der Waals surface area contributed by atoms with Crippen LogP contribution in [0.2, 0.25) is 0 Å². The maximum Gasteiger partial charge on any atom is 0.697 e. The maximum absolute atomic E-state index is 11.5. The third kappa shape index (κ3) is 7.55. The van der Waals surface area contributed by atoms with Crippen LogP contribution < -0.4 is 0 Å². The van der Waals surface area contributed by atoms with Crippen LogP contribution in [0.5, 0.6) is 0 Å². The molecule has 152 valence electrons. The molecule has 13 heteroatoms. The van der Waals surface area contributed by atoms with Gasteiger partial charge in [-0.25, -0.2) is 0 Å². The van der Waals surface area contributed by atoms with Gasteiger partial charge in [0.05, 0.1) is 0 Å². The van der Waals surface area contributed by atoms with Crippen molar-refractivity contribution in [3.63, 3.8) is 0 Å². The monoisotopic (exact) mass is 411 g/mol. The molecule has 0 aromatic rings. The highest BCUT2D eigenvalue weighted by atomic mass is 31.1. The Morgan fingerprint density at radius 2 is 1.33 bits per heavy atom. The van der Waals surface area contributed by atoms with Crippen LogP contribution in [-0.2, 0) is 52.0 Å². The van der Waals surface area contributed by atoms with Gasteiger partial charge in [0.15, 0.2) is 18.3 Å². The Morgan fingerprint density at radius 1 is 0.852 bits per heavy atom. The van der Waals surface area contributed by atoms with Crippen LogP contribution >= 0.6 is 8.25 Å². The number of carbonyl (C=O) groups is 4. The first kappa shape index (κ1) is 22.9. The molecule has 1 fully saturated rings. The number of hydrogen-bond donors (Lipinski definition) is 1. The van der Waals surface area contributed by atoms with Gasteiger partial charge in [-0.2, -0.15) is 0 Å². The maximum atomic E-state index is 11.5. The Hall–Kier alpha value is -2.14. The Balaban J connectivity index is 3.29. The van der Waals surface area contributed by atoms with Crippen molar-refractivity contribution >= 4 is 32.1 Å². The van der Waals surface area contributed by atoms with Crippen molar-refractivity contribution in [2.75, 3.05) is 6.61 Å². The summed E-state index contributed by atoms with van der Waals surface area (Å²) in [5, 5.41) is 0. The van der Waals surface area contributed by atoms with Gasteiger partial charge >= 0.3 is 32.1 Å². The average Bonchev–Trinajstić information content (AvgIpc) is 2.49. The molecular formula is C14H20O12P+. The predicted molar refractivity (Wildman–Crippen MR) is 82.9 cm³/mol. The van der Waals surface area contributed by atoms with E-state index in [9.17, 15) is 23.7 Å². The van der Waals surface area contributed by atoms with Crippen LogP contribution in [0.15, 0.2) is 0 Å². The molecule has 27 heavy (non-hydrogen) atoms. The first-order chi connectivity index (χ1) is 12.5. The zero-order valence-electron chi connectivity index (χ0n) is 15.0. The van der Waals surface area contributed by atoms with Crippen molar-refractivity contribution in [2.45, 2.75) is 58.4 Å². The quantitative estimate of drug-likeness (QED) is 0.332. The van der Waals surface area contributed by atoms with Crippen molar-refractivity contribution in [3.8, 4) is 0 Å². The van der Waals surface area contributed by atoms with Crippen LogP contribution in [0.3, 0.4) is 0 Å². The molecule has 0 saturated carbocycles. The van der Waals surface area contributed by atoms with Crippen LogP contribution in [-0.4, -0.2) is 66.1 Å². The summed E-state index contributed by atoms with van der Waals surface area (Å²) in [6, 6.07) is 0. The van der Waals surface area contributed by atoms with E-state index < -0.39 is 69.4 Å². The smallest absolute Gasteiger partial charge is 0.463 e. The fourth-order valence-electron chi connectivity index (χ4n) is 2.36. The Kier molecular flexibility index (Phi) is 8.70. The lowest BCUT2D eigenvalue weighted by molar-refractivity contribution is -0.288. The number of hydrogen-bond acceptors (Lipinski definition) is 11. The molecule has 0 amide bonds. The normalized spacial score (nSPS) is 27.9. The van der Waals surface area contributed by atoms with Crippen molar-refractivity contribution in [1.29, 1.82) is 0 Å². The highest BCUT2D eigenvalue weighted by Gasteiger charge is 2.55. The Bertz CT molecular complexity index is 605. The molecule has 0 aromatic heterocycles. The third-order valence-electron chi connectivity index (χ3n) is 3.14. The van der Waals surface area contributed by atoms with E-state index in [1.807, 2.05) is 0 Å². The number of rotatable bonds is 7. The lowest BCUT2D eigenvalue weighted by Crippen LogP contribution is -2.62. The lowest BCUT2D eigenvalue weighted by Gasteiger charge is -2.42. The van der Waals surface area contributed by atoms with E-state index in [-0.39, 0.29) is 0 Å². The minimum atomic E-state index is -3.21.